The lowest BCUT2D eigenvalue weighted by atomic mass is 10.1. The number of rotatable bonds is 7. The number of nitrogens with zero attached hydrogens (tertiary/aromatic N) is 2. The van der Waals surface area contributed by atoms with Crippen molar-refractivity contribution in [2.45, 2.75) is 39.2 Å². The van der Waals surface area contributed by atoms with Crippen LogP contribution in [0.3, 0.4) is 0 Å². The van der Waals surface area contributed by atoms with Crippen LogP contribution in [0.4, 0.5) is 5.69 Å². The van der Waals surface area contributed by atoms with Crippen LogP contribution in [0.25, 0.3) is 0 Å². The Morgan fingerprint density at radius 1 is 1.44 bits per heavy atom. The summed E-state index contributed by atoms with van der Waals surface area (Å²) in [5.41, 5.74) is 0.785. The van der Waals surface area contributed by atoms with E-state index in [0.29, 0.717) is 16.4 Å². The van der Waals surface area contributed by atoms with Crippen LogP contribution >= 0.6 is 12.2 Å². The van der Waals surface area contributed by atoms with E-state index in [1.54, 1.807) is 24.1 Å². The Kier molecular flexibility index (Phi) is 8.50. The third kappa shape index (κ3) is 6.09. The molecule has 0 aromatic heterocycles. The van der Waals surface area contributed by atoms with E-state index < -0.39 is 10.5 Å². The Morgan fingerprint density at radius 2 is 2.12 bits per heavy atom. The predicted molar refractivity (Wildman–Crippen MR) is 101 cm³/mol. The van der Waals surface area contributed by atoms with Gasteiger partial charge in [-0.1, -0.05) is 19.4 Å². The van der Waals surface area contributed by atoms with Crippen molar-refractivity contribution >= 4 is 39.4 Å². The molecule has 0 aliphatic heterocycles. The van der Waals surface area contributed by atoms with Crippen molar-refractivity contribution < 1.29 is 17.9 Å². The number of carbonyl (C=O) groups excluding carboxylic acids is 1. The molecule has 0 saturated carbocycles. The molecule has 9 heteroatoms. The molecule has 7 nitrogen and oxygen atoms in total. The molecule has 0 saturated heterocycles. The Bertz CT molecular complexity index is 755. The standard InChI is InChI=1S/C16H23N3O4S2/c1-5-6-11(2)19(16(24)17-3)15(20)10-12-7-8-14(23-4)13(9-12)18-25(21)22/h7-9,11H,5-6,10H2,1-4H3,(H,17,24)/t11-/m0/s1. The van der Waals surface area contributed by atoms with Gasteiger partial charge in [-0.05, 0) is 43.3 Å². The lowest BCUT2D eigenvalue weighted by Crippen LogP contribution is -2.48. The molecule has 138 valence electrons. The van der Waals surface area contributed by atoms with Gasteiger partial charge in [-0.25, -0.2) is 0 Å². The number of methoxy groups -OCH3 is 1. The zero-order valence-corrected chi connectivity index (χ0v) is 16.4. The maximum Gasteiger partial charge on any atom is 0.316 e. The van der Waals surface area contributed by atoms with Crippen molar-refractivity contribution in [3.63, 3.8) is 0 Å². The van der Waals surface area contributed by atoms with Gasteiger partial charge in [-0.2, -0.15) is 8.42 Å². The third-order valence-electron chi connectivity index (χ3n) is 3.62. The molecule has 0 radical (unpaired) electrons. The number of nitrogens with one attached hydrogen (secondary N) is 1. The van der Waals surface area contributed by atoms with Gasteiger partial charge in [0.25, 0.3) is 0 Å². The van der Waals surface area contributed by atoms with Gasteiger partial charge in [-0.3, -0.25) is 9.69 Å². The van der Waals surface area contributed by atoms with Gasteiger partial charge in [0.1, 0.15) is 11.4 Å². The van der Waals surface area contributed by atoms with Gasteiger partial charge in [0, 0.05) is 13.1 Å². The second-order valence-electron chi connectivity index (χ2n) is 5.45. The van der Waals surface area contributed by atoms with Crippen LogP contribution in [-0.2, 0) is 21.7 Å². The van der Waals surface area contributed by atoms with Crippen molar-refractivity contribution in [3.05, 3.63) is 23.8 Å². The molecule has 0 unspecified atom stereocenters. The highest BCUT2D eigenvalue weighted by Crippen LogP contribution is 2.28. The fourth-order valence-electron chi connectivity index (χ4n) is 2.48. The summed E-state index contributed by atoms with van der Waals surface area (Å²) >= 11 is 5.26. The normalized spacial score (nSPS) is 11.4. The zero-order chi connectivity index (χ0) is 19.0. The molecule has 1 amide bonds. The first-order valence-corrected chi connectivity index (χ1v) is 9.29. The molecule has 0 aliphatic carbocycles. The Balaban J connectivity index is 3.11. The Labute approximate surface area is 155 Å². The van der Waals surface area contributed by atoms with E-state index >= 15 is 0 Å². The highest BCUT2D eigenvalue weighted by atomic mass is 32.2. The van der Waals surface area contributed by atoms with Crippen LogP contribution < -0.4 is 10.1 Å². The van der Waals surface area contributed by atoms with E-state index in [4.69, 9.17) is 17.0 Å². The number of ether oxygens (including phenoxy) is 1. The summed E-state index contributed by atoms with van der Waals surface area (Å²) in [6.45, 7) is 3.99. The number of benzene rings is 1. The molecular weight excluding hydrogens is 362 g/mol. The Morgan fingerprint density at radius 3 is 2.64 bits per heavy atom. The molecule has 0 bridgehead atoms. The highest BCUT2D eigenvalue weighted by molar-refractivity contribution is 7.80. The molecule has 0 aliphatic rings. The number of amides is 1. The molecule has 1 aromatic carbocycles. The molecule has 25 heavy (non-hydrogen) atoms. The number of hydrogen-bond donors (Lipinski definition) is 1. The first-order chi connectivity index (χ1) is 11.8. The zero-order valence-electron chi connectivity index (χ0n) is 14.8. The minimum atomic E-state index is -2.61. The highest BCUT2D eigenvalue weighted by Gasteiger charge is 2.23. The minimum absolute atomic E-state index is 0.0333. The van der Waals surface area contributed by atoms with Crippen molar-refractivity contribution in [1.82, 2.24) is 10.2 Å². The number of carbonyl (C=O) groups is 1. The first-order valence-electron chi connectivity index (χ1n) is 7.85. The molecule has 1 atom stereocenters. The monoisotopic (exact) mass is 385 g/mol. The SMILES string of the molecule is CCC[C@H](C)N(C(=O)Cc1ccc(OC)c(N=S(=O)=O)c1)C(=S)NC. The molecule has 1 aromatic rings. The first kappa shape index (κ1) is 21.0. The van der Waals surface area contributed by atoms with Crippen LogP contribution in [0.1, 0.15) is 32.3 Å². The minimum Gasteiger partial charge on any atom is -0.494 e. The average Bonchev–Trinajstić information content (AvgIpc) is 2.54. The number of thiocarbonyl (C=S) groups is 1. The molecule has 1 rings (SSSR count). The summed E-state index contributed by atoms with van der Waals surface area (Å²) in [5.74, 6) is 0.155. The van der Waals surface area contributed by atoms with E-state index in [9.17, 15) is 13.2 Å². The smallest absolute Gasteiger partial charge is 0.316 e. The quantitative estimate of drug-likeness (QED) is 0.726. The molecule has 1 N–H and O–H groups in total. The van der Waals surface area contributed by atoms with Crippen molar-refractivity contribution in [2.75, 3.05) is 14.2 Å². The maximum absolute atomic E-state index is 12.7. The van der Waals surface area contributed by atoms with Gasteiger partial charge >= 0.3 is 10.5 Å². The van der Waals surface area contributed by atoms with Crippen LogP contribution in [0, 0.1) is 0 Å². The van der Waals surface area contributed by atoms with Gasteiger partial charge in [0.2, 0.25) is 5.91 Å². The van der Waals surface area contributed by atoms with Crippen molar-refractivity contribution in [2.24, 2.45) is 4.36 Å². The van der Waals surface area contributed by atoms with Gasteiger partial charge in [-0.15, -0.1) is 4.36 Å². The molecule has 0 fully saturated rings. The maximum atomic E-state index is 12.7. The van der Waals surface area contributed by atoms with E-state index in [-0.39, 0.29) is 24.1 Å². The molecule has 0 heterocycles. The van der Waals surface area contributed by atoms with Crippen LogP contribution in [-0.4, -0.2) is 44.5 Å². The van der Waals surface area contributed by atoms with E-state index in [1.807, 2.05) is 13.8 Å². The van der Waals surface area contributed by atoms with Crippen LogP contribution in [0.2, 0.25) is 0 Å². The van der Waals surface area contributed by atoms with Crippen molar-refractivity contribution in [1.29, 1.82) is 0 Å². The fourth-order valence-corrected chi connectivity index (χ4v) is 3.07. The summed E-state index contributed by atoms with van der Waals surface area (Å²) in [6.07, 6.45) is 1.83. The summed E-state index contributed by atoms with van der Waals surface area (Å²) in [7, 11) is 0.491. The lowest BCUT2D eigenvalue weighted by Gasteiger charge is -2.29. The lowest BCUT2D eigenvalue weighted by molar-refractivity contribution is -0.128. The summed E-state index contributed by atoms with van der Waals surface area (Å²) in [4.78, 5) is 14.3. The predicted octanol–water partition coefficient (Wildman–Crippen LogP) is 2.45. The van der Waals surface area contributed by atoms with E-state index in [0.717, 1.165) is 12.8 Å². The molecular formula is C16H23N3O4S2. The fraction of sp³-hybridized carbons (Fsp3) is 0.500. The van der Waals surface area contributed by atoms with Crippen molar-refractivity contribution in [3.8, 4) is 5.75 Å². The van der Waals surface area contributed by atoms with Crippen LogP contribution in [0.5, 0.6) is 5.75 Å². The topological polar surface area (TPSA) is 88.1 Å². The van der Waals surface area contributed by atoms with Gasteiger partial charge in [0.05, 0.1) is 13.5 Å². The summed E-state index contributed by atoms with van der Waals surface area (Å²) in [5, 5.41) is 3.21. The largest absolute Gasteiger partial charge is 0.494 e. The second-order valence-corrected chi connectivity index (χ2v) is 6.45. The Hall–Kier alpha value is -2.00. The third-order valence-corrected chi connectivity index (χ3v) is 4.37. The summed E-state index contributed by atoms with van der Waals surface area (Å²) < 4.78 is 30.3. The molecule has 0 spiro atoms. The van der Waals surface area contributed by atoms with Gasteiger partial charge < -0.3 is 10.1 Å². The van der Waals surface area contributed by atoms with Crippen LogP contribution in [0.15, 0.2) is 22.6 Å². The van der Waals surface area contributed by atoms with Gasteiger partial charge in [0.15, 0.2) is 5.11 Å². The number of hydrogen-bond acceptors (Lipinski definition) is 6. The van der Waals surface area contributed by atoms with E-state index in [1.165, 1.54) is 13.2 Å². The van der Waals surface area contributed by atoms with E-state index in [2.05, 4.69) is 9.68 Å². The summed E-state index contributed by atoms with van der Waals surface area (Å²) in [6, 6.07) is 4.78. The second kappa shape index (κ2) is 10.1. The average molecular weight is 386 g/mol.